The summed E-state index contributed by atoms with van der Waals surface area (Å²) in [6.45, 7) is 2.80. The van der Waals surface area contributed by atoms with Crippen molar-refractivity contribution in [3.63, 3.8) is 0 Å². The van der Waals surface area contributed by atoms with E-state index in [1.165, 1.54) is 18.9 Å². The summed E-state index contributed by atoms with van der Waals surface area (Å²) < 4.78 is 13.1. The molecule has 1 atom stereocenters. The van der Waals surface area contributed by atoms with E-state index in [9.17, 15) is 4.39 Å². The summed E-state index contributed by atoms with van der Waals surface area (Å²) in [6, 6.07) is 6.86. The highest BCUT2D eigenvalue weighted by atomic mass is 19.1. The molecule has 2 N–H and O–H groups in total. The normalized spacial score (nSPS) is 21.1. The fourth-order valence-corrected chi connectivity index (χ4v) is 2.44. The van der Waals surface area contributed by atoms with Crippen LogP contribution < -0.4 is 10.6 Å². The second-order valence-electron chi connectivity index (χ2n) is 4.51. The zero-order chi connectivity index (χ0) is 11.4. The molecule has 16 heavy (non-hydrogen) atoms. The maximum atomic E-state index is 13.1. The molecule has 1 aromatic carbocycles. The summed E-state index contributed by atoms with van der Waals surface area (Å²) in [7, 11) is 0. The van der Waals surface area contributed by atoms with Gasteiger partial charge in [0.2, 0.25) is 0 Å². The number of rotatable bonds is 3. The van der Waals surface area contributed by atoms with Gasteiger partial charge in [0.05, 0.1) is 0 Å². The first kappa shape index (κ1) is 11.4. The van der Waals surface area contributed by atoms with Gasteiger partial charge in [-0.2, -0.15) is 0 Å². The Morgan fingerprint density at radius 3 is 3.06 bits per heavy atom. The van der Waals surface area contributed by atoms with Crippen molar-refractivity contribution in [2.24, 2.45) is 11.7 Å². The van der Waals surface area contributed by atoms with E-state index < -0.39 is 0 Å². The molecule has 2 rings (SSSR count). The van der Waals surface area contributed by atoms with Gasteiger partial charge in [-0.05, 0) is 49.9 Å². The molecule has 1 saturated heterocycles. The average Bonchev–Trinajstić information content (AvgIpc) is 2.30. The minimum Gasteiger partial charge on any atom is -0.371 e. The largest absolute Gasteiger partial charge is 0.371 e. The van der Waals surface area contributed by atoms with Gasteiger partial charge in [-0.15, -0.1) is 0 Å². The number of anilines is 1. The lowest BCUT2D eigenvalue weighted by Gasteiger charge is -2.34. The Kier molecular flexibility index (Phi) is 3.78. The standard InChI is InChI=1S/C13H19FN2/c14-12-4-1-5-13(9-12)16-8-2-3-11(10-16)6-7-15/h1,4-5,9,11H,2-3,6-8,10,15H2. The molecule has 1 aromatic rings. The van der Waals surface area contributed by atoms with Crippen molar-refractivity contribution in [3.05, 3.63) is 30.1 Å². The van der Waals surface area contributed by atoms with E-state index in [2.05, 4.69) is 4.90 Å². The van der Waals surface area contributed by atoms with Gasteiger partial charge in [0.15, 0.2) is 0 Å². The summed E-state index contributed by atoms with van der Waals surface area (Å²) in [6.07, 6.45) is 3.51. The zero-order valence-electron chi connectivity index (χ0n) is 9.53. The topological polar surface area (TPSA) is 29.3 Å². The number of hydrogen-bond acceptors (Lipinski definition) is 2. The van der Waals surface area contributed by atoms with Crippen LogP contribution in [0, 0.1) is 11.7 Å². The van der Waals surface area contributed by atoms with Crippen LogP contribution in [0.15, 0.2) is 24.3 Å². The molecule has 1 aliphatic rings. The Hall–Kier alpha value is -1.09. The van der Waals surface area contributed by atoms with Crippen molar-refractivity contribution >= 4 is 5.69 Å². The van der Waals surface area contributed by atoms with Gasteiger partial charge in [0.25, 0.3) is 0 Å². The SMILES string of the molecule is NCCC1CCCN(c2cccc(F)c2)C1. The third-order valence-corrected chi connectivity index (χ3v) is 3.27. The Balaban J connectivity index is 2.03. The van der Waals surface area contributed by atoms with Crippen LogP contribution in [-0.2, 0) is 0 Å². The van der Waals surface area contributed by atoms with Crippen molar-refractivity contribution in [2.75, 3.05) is 24.5 Å². The fraction of sp³-hybridized carbons (Fsp3) is 0.538. The van der Waals surface area contributed by atoms with Crippen molar-refractivity contribution in [1.29, 1.82) is 0 Å². The first-order chi connectivity index (χ1) is 7.79. The molecular weight excluding hydrogens is 203 g/mol. The molecule has 88 valence electrons. The Labute approximate surface area is 96.2 Å². The number of piperidine rings is 1. The molecule has 1 unspecified atom stereocenters. The highest BCUT2D eigenvalue weighted by Crippen LogP contribution is 2.24. The van der Waals surface area contributed by atoms with Crippen LogP contribution in [0.2, 0.25) is 0 Å². The fourth-order valence-electron chi connectivity index (χ4n) is 2.44. The van der Waals surface area contributed by atoms with Crippen LogP contribution >= 0.6 is 0 Å². The van der Waals surface area contributed by atoms with E-state index in [-0.39, 0.29) is 5.82 Å². The van der Waals surface area contributed by atoms with Crippen molar-refractivity contribution < 1.29 is 4.39 Å². The first-order valence-electron chi connectivity index (χ1n) is 6.00. The van der Waals surface area contributed by atoms with Gasteiger partial charge in [0, 0.05) is 18.8 Å². The molecule has 0 aliphatic carbocycles. The van der Waals surface area contributed by atoms with Crippen molar-refractivity contribution in [3.8, 4) is 0 Å². The van der Waals surface area contributed by atoms with E-state index in [1.807, 2.05) is 6.07 Å². The second-order valence-corrected chi connectivity index (χ2v) is 4.51. The Bertz CT molecular complexity index is 338. The van der Waals surface area contributed by atoms with Gasteiger partial charge >= 0.3 is 0 Å². The Morgan fingerprint density at radius 1 is 1.44 bits per heavy atom. The van der Waals surface area contributed by atoms with E-state index in [0.717, 1.165) is 31.7 Å². The minimum absolute atomic E-state index is 0.154. The third kappa shape index (κ3) is 2.73. The van der Waals surface area contributed by atoms with Crippen LogP contribution in [-0.4, -0.2) is 19.6 Å². The number of benzene rings is 1. The first-order valence-corrected chi connectivity index (χ1v) is 6.00. The third-order valence-electron chi connectivity index (χ3n) is 3.27. The number of halogens is 1. The van der Waals surface area contributed by atoms with Crippen LogP contribution in [0.25, 0.3) is 0 Å². The summed E-state index contributed by atoms with van der Waals surface area (Å²) >= 11 is 0. The predicted molar refractivity (Wildman–Crippen MR) is 65.0 cm³/mol. The maximum Gasteiger partial charge on any atom is 0.125 e. The van der Waals surface area contributed by atoms with Gasteiger partial charge in [-0.1, -0.05) is 6.07 Å². The summed E-state index contributed by atoms with van der Waals surface area (Å²) in [5, 5.41) is 0. The van der Waals surface area contributed by atoms with E-state index in [0.29, 0.717) is 5.92 Å². The second kappa shape index (κ2) is 5.30. The van der Waals surface area contributed by atoms with Gasteiger partial charge in [-0.3, -0.25) is 0 Å². The molecule has 0 amide bonds. The molecule has 1 heterocycles. The van der Waals surface area contributed by atoms with Crippen molar-refractivity contribution in [2.45, 2.75) is 19.3 Å². The van der Waals surface area contributed by atoms with E-state index >= 15 is 0 Å². The molecule has 0 radical (unpaired) electrons. The van der Waals surface area contributed by atoms with Gasteiger partial charge < -0.3 is 10.6 Å². The van der Waals surface area contributed by atoms with Crippen LogP contribution in [0.4, 0.5) is 10.1 Å². The molecule has 0 bridgehead atoms. The van der Waals surface area contributed by atoms with Crippen LogP contribution in [0.5, 0.6) is 0 Å². The smallest absolute Gasteiger partial charge is 0.125 e. The average molecular weight is 222 g/mol. The molecule has 0 spiro atoms. The Morgan fingerprint density at radius 2 is 2.31 bits per heavy atom. The monoisotopic (exact) mass is 222 g/mol. The van der Waals surface area contributed by atoms with Crippen LogP contribution in [0.1, 0.15) is 19.3 Å². The minimum atomic E-state index is -0.154. The van der Waals surface area contributed by atoms with Crippen LogP contribution in [0.3, 0.4) is 0 Å². The van der Waals surface area contributed by atoms with Gasteiger partial charge in [0.1, 0.15) is 5.82 Å². The molecule has 1 fully saturated rings. The highest BCUT2D eigenvalue weighted by Gasteiger charge is 2.19. The number of nitrogens with two attached hydrogens (primary N) is 1. The molecule has 3 heteroatoms. The lowest BCUT2D eigenvalue weighted by molar-refractivity contribution is 0.396. The molecule has 0 aromatic heterocycles. The molecule has 0 saturated carbocycles. The summed E-state index contributed by atoms with van der Waals surface area (Å²) in [4.78, 5) is 2.27. The highest BCUT2D eigenvalue weighted by molar-refractivity contribution is 5.46. The lowest BCUT2D eigenvalue weighted by atomic mass is 9.94. The van der Waals surface area contributed by atoms with E-state index in [1.54, 1.807) is 12.1 Å². The predicted octanol–water partition coefficient (Wildman–Crippen LogP) is 2.39. The van der Waals surface area contributed by atoms with Gasteiger partial charge in [-0.25, -0.2) is 4.39 Å². The summed E-state index contributed by atoms with van der Waals surface area (Å²) in [5.74, 6) is 0.514. The summed E-state index contributed by atoms with van der Waals surface area (Å²) in [5.41, 5.74) is 6.59. The molecular formula is C13H19FN2. The molecule has 1 aliphatic heterocycles. The number of nitrogens with zero attached hydrogens (tertiary/aromatic N) is 1. The maximum absolute atomic E-state index is 13.1. The van der Waals surface area contributed by atoms with Crippen molar-refractivity contribution in [1.82, 2.24) is 0 Å². The molecule has 2 nitrogen and oxygen atoms in total. The lowest BCUT2D eigenvalue weighted by Crippen LogP contribution is -2.36. The quantitative estimate of drug-likeness (QED) is 0.851. The zero-order valence-corrected chi connectivity index (χ0v) is 9.53. The van der Waals surface area contributed by atoms with E-state index in [4.69, 9.17) is 5.73 Å². The number of hydrogen-bond donors (Lipinski definition) is 1.